The Morgan fingerprint density at radius 1 is 1.19 bits per heavy atom. The number of benzene rings is 2. The van der Waals surface area contributed by atoms with Crippen molar-refractivity contribution in [3.8, 4) is 5.75 Å². The lowest BCUT2D eigenvalue weighted by Crippen LogP contribution is -2.22. The minimum Gasteiger partial charge on any atom is -0.495 e. The molecule has 0 aliphatic rings. The van der Waals surface area contributed by atoms with Gasteiger partial charge in [-0.25, -0.2) is 0 Å². The summed E-state index contributed by atoms with van der Waals surface area (Å²) in [5, 5.41) is 10.5. The Morgan fingerprint density at radius 3 is 2.78 bits per heavy atom. The smallest absolute Gasteiger partial charge is 0.239 e. The summed E-state index contributed by atoms with van der Waals surface area (Å²) in [7, 11) is 1.61. The maximum absolute atomic E-state index is 12.6. The van der Waals surface area contributed by atoms with Crippen molar-refractivity contribution in [3.05, 3.63) is 48.5 Å². The van der Waals surface area contributed by atoms with Crippen molar-refractivity contribution in [3.63, 3.8) is 0 Å². The maximum atomic E-state index is 12.6. The van der Waals surface area contributed by atoms with Crippen molar-refractivity contribution in [1.29, 1.82) is 0 Å². The van der Waals surface area contributed by atoms with Crippen LogP contribution >= 0.6 is 47.3 Å². The molecule has 0 spiro atoms. The fourth-order valence-corrected chi connectivity index (χ4v) is 5.02. The van der Waals surface area contributed by atoms with Gasteiger partial charge in [-0.05, 0) is 55.2 Å². The largest absolute Gasteiger partial charge is 0.495 e. The molecule has 0 bridgehead atoms. The number of nitrogens with zero attached hydrogens (tertiary/aromatic N) is 2. The van der Waals surface area contributed by atoms with Crippen molar-refractivity contribution in [1.82, 2.24) is 9.36 Å². The number of rotatable bonds is 9. The zero-order valence-corrected chi connectivity index (χ0v) is 21.0. The van der Waals surface area contributed by atoms with Crippen molar-refractivity contribution in [2.75, 3.05) is 28.8 Å². The molecule has 0 fully saturated rings. The first-order valence-corrected chi connectivity index (χ1v) is 12.8. The van der Waals surface area contributed by atoms with Gasteiger partial charge in [0.05, 0.1) is 18.0 Å². The molecule has 1 unspecified atom stereocenters. The van der Waals surface area contributed by atoms with Gasteiger partial charge in [-0.2, -0.15) is 9.36 Å². The highest BCUT2D eigenvalue weighted by molar-refractivity contribution is 8.00. The third-order valence-electron chi connectivity index (χ3n) is 4.04. The molecular weight excluding hydrogens is 483 g/mol. The number of nitrogens with one attached hydrogen (secondary N) is 3. The fourth-order valence-electron chi connectivity index (χ4n) is 2.59. The van der Waals surface area contributed by atoms with E-state index < -0.39 is 0 Å². The molecule has 168 valence electrons. The minimum absolute atomic E-state index is 0.120. The minimum atomic E-state index is -0.310. The molecule has 0 saturated carbocycles. The van der Waals surface area contributed by atoms with Crippen molar-refractivity contribution < 1.29 is 9.53 Å². The highest BCUT2D eigenvalue weighted by Crippen LogP contribution is 2.28. The van der Waals surface area contributed by atoms with Crippen LogP contribution in [0.5, 0.6) is 5.75 Å². The molecule has 3 aromatic rings. The van der Waals surface area contributed by atoms with Crippen LogP contribution in [0.15, 0.2) is 58.6 Å². The van der Waals surface area contributed by atoms with E-state index in [1.54, 1.807) is 18.9 Å². The topological polar surface area (TPSA) is 88.2 Å². The molecule has 3 N–H and O–H groups in total. The number of anilines is 3. The number of amides is 1. The highest BCUT2D eigenvalue weighted by Gasteiger charge is 2.17. The third kappa shape index (κ3) is 7.09. The predicted octanol–water partition coefficient (Wildman–Crippen LogP) is 5.59. The van der Waals surface area contributed by atoms with E-state index in [4.69, 9.17) is 17.0 Å². The van der Waals surface area contributed by atoms with Crippen LogP contribution in [0.1, 0.15) is 13.8 Å². The van der Waals surface area contributed by atoms with Crippen LogP contribution in [-0.2, 0) is 4.79 Å². The molecule has 1 amide bonds. The van der Waals surface area contributed by atoms with Gasteiger partial charge >= 0.3 is 0 Å². The first-order chi connectivity index (χ1) is 15.5. The number of carbonyl (C=O) groups excluding carboxylic acids is 1. The summed E-state index contributed by atoms with van der Waals surface area (Å²) in [5.41, 5.74) is 1.60. The van der Waals surface area contributed by atoms with Gasteiger partial charge in [0.1, 0.15) is 5.75 Å². The lowest BCUT2D eigenvalue weighted by Gasteiger charge is -2.14. The summed E-state index contributed by atoms with van der Waals surface area (Å²) in [6.45, 7) is 3.89. The number of aromatic nitrogens is 2. The van der Waals surface area contributed by atoms with E-state index in [0.717, 1.165) is 22.0 Å². The average Bonchev–Trinajstić information content (AvgIpc) is 3.21. The van der Waals surface area contributed by atoms with E-state index in [2.05, 4.69) is 25.3 Å². The number of ether oxygens (including phenoxy) is 1. The van der Waals surface area contributed by atoms with Crippen molar-refractivity contribution in [2.45, 2.75) is 29.1 Å². The Morgan fingerprint density at radius 2 is 2.00 bits per heavy atom. The van der Waals surface area contributed by atoms with Gasteiger partial charge in [0.2, 0.25) is 16.2 Å². The lowest BCUT2D eigenvalue weighted by molar-refractivity contribution is -0.115. The van der Waals surface area contributed by atoms with E-state index >= 15 is 0 Å². The zero-order valence-electron chi connectivity index (χ0n) is 17.7. The van der Waals surface area contributed by atoms with Gasteiger partial charge < -0.3 is 15.4 Å². The molecular formula is C21H23N5O2S4. The standard InChI is InChI=1S/C21H23N5O2S4/c1-4-30-21-25-20(32-26-21)24-18(27)13(2)31-15-9-7-8-14(12-15)22-19(29)23-16-10-5-6-11-17(16)28-3/h5-13H,4H2,1-3H3,(H2,22,23,29)(H,24,25,26,27). The predicted molar refractivity (Wildman–Crippen MR) is 140 cm³/mol. The van der Waals surface area contributed by atoms with Crippen LogP contribution in [0.2, 0.25) is 0 Å². The average molecular weight is 506 g/mol. The summed E-state index contributed by atoms with van der Waals surface area (Å²) >= 11 is 9.62. The van der Waals surface area contributed by atoms with Gasteiger partial charge in [0, 0.05) is 22.1 Å². The SMILES string of the molecule is CCSc1nsc(NC(=O)C(C)Sc2cccc(NC(=S)Nc3ccccc3OC)c2)n1. The molecule has 7 nitrogen and oxygen atoms in total. The maximum Gasteiger partial charge on any atom is 0.239 e. The highest BCUT2D eigenvalue weighted by atomic mass is 32.2. The molecule has 11 heteroatoms. The number of hydrogen-bond donors (Lipinski definition) is 3. The molecule has 1 atom stereocenters. The summed E-state index contributed by atoms with van der Waals surface area (Å²) < 4.78 is 9.56. The van der Waals surface area contributed by atoms with E-state index in [1.165, 1.54) is 23.3 Å². The van der Waals surface area contributed by atoms with Crippen LogP contribution < -0.4 is 20.7 Å². The Labute approximate surface area is 205 Å². The second-order valence-corrected chi connectivity index (χ2v) is 10.2. The molecule has 0 aliphatic carbocycles. The van der Waals surface area contributed by atoms with Crippen molar-refractivity contribution >= 4 is 74.8 Å². The molecule has 0 radical (unpaired) electrons. The Bertz CT molecular complexity index is 1080. The monoisotopic (exact) mass is 505 g/mol. The van der Waals surface area contributed by atoms with Gasteiger partial charge in [0.25, 0.3) is 0 Å². The second-order valence-electron chi connectivity index (χ2n) is 6.37. The summed E-state index contributed by atoms with van der Waals surface area (Å²) in [6.07, 6.45) is 0. The van der Waals surface area contributed by atoms with Crippen LogP contribution in [0, 0.1) is 0 Å². The number of thiocarbonyl (C=S) groups is 1. The van der Waals surface area contributed by atoms with Crippen LogP contribution in [0.25, 0.3) is 0 Å². The summed E-state index contributed by atoms with van der Waals surface area (Å²) in [4.78, 5) is 17.8. The molecule has 0 aliphatic heterocycles. The Hall–Kier alpha value is -2.34. The zero-order chi connectivity index (χ0) is 22.9. The van der Waals surface area contributed by atoms with E-state index in [0.29, 0.717) is 21.1 Å². The molecule has 1 heterocycles. The first kappa shape index (κ1) is 24.3. The van der Waals surface area contributed by atoms with Gasteiger partial charge in [0.15, 0.2) is 5.11 Å². The summed E-state index contributed by atoms with van der Waals surface area (Å²) in [5.74, 6) is 1.47. The normalized spacial score (nSPS) is 11.5. The van der Waals surface area contributed by atoms with Crippen LogP contribution in [-0.4, -0.2) is 38.5 Å². The van der Waals surface area contributed by atoms with E-state index in [9.17, 15) is 4.79 Å². The van der Waals surface area contributed by atoms with Gasteiger partial charge in [-0.1, -0.05) is 36.9 Å². The molecule has 1 aromatic heterocycles. The van der Waals surface area contributed by atoms with Crippen molar-refractivity contribution in [2.24, 2.45) is 0 Å². The molecule has 32 heavy (non-hydrogen) atoms. The molecule has 0 saturated heterocycles. The lowest BCUT2D eigenvalue weighted by atomic mass is 10.3. The Kier molecular flexibility index (Phi) is 9.15. The number of carbonyl (C=O) groups is 1. The summed E-state index contributed by atoms with van der Waals surface area (Å²) in [6, 6.07) is 15.3. The molecule has 3 rings (SSSR count). The van der Waals surface area contributed by atoms with Crippen LogP contribution in [0.3, 0.4) is 0 Å². The second kappa shape index (κ2) is 12.0. The third-order valence-corrected chi connectivity index (χ3v) is 6.81. The molecule has 2 aromatic carbocycles. The van der Waals surface area contributed by atoms with Gasteiger partial charge in [-0.15, -0.1) is 11.8 Å². The first-order valence-electron chi connectivity index (χ1n) is 9.73. The van der Waals surface area contributed by atoms with E-state index in [1.807, 2.05) is 62.4 Å². The fraction of sp³-hybridized carbons (Fsp3) is 0.238. The Balaban J connectivity index is 1.56. The van der Waals surface area contributed by atoms with Crippen LogP contribution in [0.4, 0.5) is 16.5 Å². The number of hydrogen-bond acceptors (Lipinski definition) is 8. The number of thioether (sulfide) groups is 2. The van der Waals surface area contributed by atoms with Gasteiger partial charge in [-0.3, -0.25) is 10.1 Å². The van der Waals surface area contributed by atoms with E-state index in [-0.39, 0.29) is 11.2 Å². The quantitative estimate of drug-likeness (QED) is 0.254. The number of para-hydroxylation sites is 2. The number of methoxy groups -OCH3 is 1.